The lowest BCUT2D eigenvalue weighted by Crippen LogP contribution is -2.38. The Morgan fingerprint density at radius 2 is 1.73 bits per heavy atom. The zero-order valence-corrected chi connectivity index (χ0v) is 17.1. The molecule has 2 fully saturated rings. The molecule has 2 bridgehead atoms. The monoisotopic (exact) mass is 424 g/mol. The highest BCUT2D eigenvalue weighted by Gasteiger charge is 2.60. The zero-order valence-electron chi connectivity index (χ0n) is 16.4. The van der Waals surface area contributed by atoms with Gasteiger partial charge in [0.1, 0.15) is 17.6 Å². The summed E-state index contributed by atoms with van der Waals surface area (Å²) < 4.78 is 5.75. The third-order valence-corrected chi connectivity index (χ3v) is 6.66. The average molecular weight is 425 g/mol. The molecular formula is C23H21ClN2O4. The number of aryl methyl sites for hydroxylation is 1. The van der Waals surface area contributed by atoms with E-state index in [2.05, 4.69) is 17.5 Å². The van der Waals surface area contributed by atoms with E-state index < -0.39 is 6.04 Å². The summed E-state index contributed by atoms with van der Waals surface area (Å²) in [5.41, 5.74) is 0.594. The maximum atomic E-state index is 13.3. The van der Waals surface area contributed by atoms with Crippen LogP contribution in [0.15, 0.2) is 53.0 Å². The van der Waals surface area contributed by atoms with Crippen molar-refractivity contribution in [2.45, 2.75) is 25.8 Å². The fraction of sp³-hybridized carbons (Fsp3) is 0.348. The van der Waals surface area contributed by atoms with Crippen molar-refractivity contribution in [3.63, 3.8) is 0 Å². The molecule has 2 heterocycles. The van der Waals surface area contributed by atoms with Crippen molar-refractivity contribution >= 4 is 35.0 Å². The van der Waals surface area contributed by atoms with Crippen LogP contribution in [0, 0.1) is 30.6 Å². The lowest BCUT2D eigenvalue weighted by molar-refractivity contribution is -0.144. The number of carbonyl (C=O) groups excluding carboxylic acids is 3. The second kappa shape index (κ2) is 7.13. The quantitative estimate of drug-likeness (QED) is 0.578. The number of imide groups is 1. The Bertz CT molecular complexity index is 1030. The maximum Gasteiger partial charge on any atom is 0.234 e. The first-order valence-electron chi connectivity index (χ1n) is 10.1. The summed E-state index contributed by atoms with van der Waals surface area (Å²) >= 11 is 5.90. The van der Waals surface area contributed by atoms with E-state index in [1.165, 1.54) is 4.90 Å². The van der Waals surface area contributed by atoms with Gasteiger partial charge in [0.15, 0.2) is 0 Å². The number of halogens is 1. The molecule has 3 aliphatic rings. The molecule has 2 aliphatic carbocycles. The maximum absolute atomic E-state index is 13.3. The lowest BCUT2D eigenvalue weighted by atomic mass is 9.85. The van der Waals surface area contributed by atoms with Gasteiger partial charge in [-0.3, -0.25) is 19.3 Å². The normalized spacial score (nSPS) is 27.6. The van der Waals surface area contributed by atoms with Crippen molar-refractivity contribution in [3.8, 4) is 0 Å². The van der Waals surface area contributed by atoms with Gasteiger partial charge in [-0.05, 0) is 61.6 Å². The number of carbonyl (C=O) groups is 3. The van der Waals surface area contributed by atoms with Gasteiger partial charge >= 0.3 is 0 Å². The Labute approximate surface area is 178 Å². The second-order valence-electron chi connectivity index (χ2n) is 8.27. The van der Waals surface area contributed by atoms with E-state index in [0.29, 0.717) is 22.2 Å². The fourth-order valence-electron chi connectivity index (χ4n) is 5.11. The van der Waals surface area contributed by atoms with Crippen LogP contribution in [-0.2, 0) is 14.4 Å². The summed E-state index contributed by atoms with van der Waals surface area (Å²) in [6.45, 7) is 1.79. The minimum atomic E-state index is -0.768. The van der Waals surface area contributed by atoms with E-state index in [9.17, 15) is 14.4 Å². The van der Waals surface area contributed by atoms with Crippen molar-refractivity contribution in [2.24, 2.45) is 23.7 Å². The van der Waals surface area contributed by atoms with Crippen LogP contribution in [-0.4, -0.2) is 22.6 Å². The minimum absolute atomic E-state index is 0.0741. The number of nitrogens with one attached hydrogen (secondary N) is 1. The SMILES string of the molecule is Cc1ccc(C(CC(=O)Nc2ccc(Cl)cc2)N2C(=O)C3C4C=CC(C4)C3C2=O)o1. The van der Waals surface area contributed by atoms with Crippen LogP contribution < -0.4 is 5.32 Å². The van der Waals surface area contributed by atoms with E-state index in [0.717, 1.165) is 6.42 Å². The number of allylic oxidation sites excluding steroid dienone is 2. The zero-order chi connectivity index (χ0) is 21.0. The van der Waals surface area contributed by atoms with Crippen LogP contribution in [0.4, 0.5) is 5.69 Å². The van der Waals surface area contributed by atoms with Crippen LogP contribution in [0.2, 0.25) is 5.02 Å². The topological polar surface area (TPSA) is 79.6 Å². The highest BCUT2D eigenvalue weighted by molar-refractivity contribution is 6.30. The Balaban J connectivity index is 1.42. The summed E-state index contributed by atoms with van der Waals surface area (Å²) in [7, 11) is 0. The molecule has 2 aromatic rings. The van der Waals surface area contributed by atoms with Crippen LogP contribution in [0.3, 0.4) is 0 Å². The minimum Gasteiger partial charge on any atom is -0.464 e. The molecule has 7 heteroatoms. The Morgan fingerprint density at radius 3 is 2.30 bits per heavy atom. The first-order chi connectivity index (χ1) is 14.4. The summed E-state index contributed by atoms with van der Waals surface area (Å²) in [4.78, 5) is 40.6. The highest BCUT2D eigenvalue weighted by atomic mass is 35.5. The smallest absolute Gasteiger partial charge is 0.234 e. The number of fused-ring (bicyclic) bond motifs is 5. The summed E-state index contributed by atoms with van der Waals surface area (Å²) in [6.07, 6.45) is 4.90. The lowest BCUT2D eigenvalue weighted by Gasteiger charge is -2.26. The first-order valence-corrected chi connectivity index (χ1v) is 10.5. The molecule has 3 amide bonds. The summed E-state index contributed by atoms with van der Waals surface area (Å²) in [5.74, 6) is 0.00725. The molecule has 1 aliphatic heterocycles. The van der Waals surface area contributed by atoms with Gasteiger partial charge in [0, 0.05) is 10.7 Å². The number of rotatable bonds is 5. The Kier molecular flexibility index (Phi) is 4.54. The van der Waals surface area contributed by atoms with E-state index in [-0.39, 0.29) is 47.8 Å². The van der Waals surface area contributed by atoms with Crippen LogP contribution in [0.5, 0.6) is 0 Å². The molecule has 1 aromatic carbocycles. The highest BCUT2D eigenvalue weighted by Crippen LogP contribution is 2.54. The first kappa shape index (κ1) is 19.1. The van der Waals surface area contributed by atoms with Gasteiger partial charge in [0.2, 0.25) is 17.7 Å². The van der Waals surface area contributed by atoms with Gasteiger partial charge in [0.05, 0.1) is 18.3 Å². The van der Waals surface area contributed by atoms with Crippen molar-refractivity contribution < 1.29 is 18.8 Å². The van der Waals surface area contributed by atoms with Crippen LogP contribution >= 0.6 is 11.6 Å². The predicted octanol–water partition coefficient (Wildman–Crippen LogP) is 4.12. The van der Waals surface area contributed by atoms with E-state index in [1.54, 1.807) is 43.3 Å². The molecule has 1 N–H and O–H groups in total. The summed E-state index contributed by atoms with van der Waals surface area (Å²) in [6, 6.07) is 9.51. The van der Waals surface area contributed by atoms with Gasteiger partial charge in [-0.2, -0.15) is 0 Å². The average Bonchev–Trinajstić information content (AvgIpc) is 3.47. The number of nitrogens with zero attached hydrogens (tertiary/aromatic N) is 1. The molecule has 30 heavy (non-hydrogen) atoms. The summed E-state index contributed by atoms with van der Waals surface area (Å²) in [5, 5.41) is 3.38. The van der Waals surface area contributed by atoms with E-state index >= 15 is 0 Å². The number of amides is 3. The van der Waals surface area contributed by atoms with Crippen molar-refractivity contribution in [1.29, 1.82) is 0 Å². The van der Waals surface area contributed by atoms with Gasteiger partial charge < -0.3 is 9.73 Å². The number of furan rings is 1. The molecule has 5 unspecified atom stereocenters. The molecular weight excluding hydrogens is 404 g/mol. The second-order valence-corrected chi connectivity index (χ2v) is 8.71. The molecule has 0 radical (unpaired) electrons. The molecule has 1 aromatic heterocycles. The van der Waals surface area contributed by atoms with E-state index in [4.69, 9.17) is 16.0 Å². The number of anilines is 1. The number of hydrogen-bond donors (Lipinski definition) is 1. The van der Waals surface area contributed by atoms with Crippen LogP contribution in [0.25, 0.3) is 0 Å². The Morgan fingerprint density at radius 1 is 1.10 bits per heavy atom. The molecule has 5 rings (SSSR count). The Hall–Kier alpha value is -2.86. The van der Waals surface area contributed by atoms with Crippen LogP contribution in [0.1, 0.15) is 30.4 Å². The van der Waals surface area contributed by atoms with Gasteiger partial charge in [-0.15, -0.1) is 0 Å². The molecule has 154 valence electrons. The molecule has 5 atom stereocenters. The molecule has 6 nitrogen and oxygen atoms in total. The van der Waals surface area contributed by atoms with Gasteiger partial charge in [-0.25, -0.2) is 0 Å². The molecule has 1 saturated carbocycles. The van der Waals surface area contributed by atoms with E-state index in [1.807, 2.05) is 0 Å². The van der Waals surface area contributed by atoms with Gasteiger partial charge in [0.25, 0.3) is 0 Å². The fourth-order valence-corrected chi connectivity index (χ4v) is 5.23. The van der Waals surface area contributed by atoms with Crippen molar-refractivity contribution in [1.82, 2.24) is 4.90 Å². The van der Waals surface area contributed by atoms with Crippen molar-refractivity contribution in [3.05, 3.63) is 65.1 Å². The standard InChI is InChI=1S/C23H21ClN2O4/c1-12-2-9-18(30-12)17(11-19(27)25-16-7-5-15(24)6-8-16)26-22(28)20-13-3-4-14(10-13)21(20)23(26)29/h2-9,13-14,17,20-21H,10-11H2,1H3,(H,25,27). The molecule has 0 spiro atoms. The number of hydrogen-bond acceptors (Lipinski definition) is 4. The number of likely N-dealkylation sites (tertiary alicyclic amines) is 1. The van der Waals surface area contributed by atoms with Crippen molar-refractivity contribution in [2.75, 3.05) is 5.32 Å². The van der Waals surface area contributed by atoms with Gasteiger partial charge in [-0.1, -0.05) is 23.8 Å². The third kappa shape index (κ3) is 3.06. The third-order valence-electron chi connectivity index (χ3n) is 6.41. The number of benzene rings is 1. The largest absolute Gasteiger partial charge is 0.464 e. The molecule has 1 saturated heterocycles. The predicted molar refractivity (Wildman–Crippen MR) is 110 cm³/mol.